The zero-order valence-electron chi connectivity index (χ0n) is 29.9. The minimum absolute atomic E-state index is 0. The zero-order chi connectivity index (χ0) is 37.9. The van der Waals surface area contributed by atoms with Gasteiger partial charge < -0.3 is 42.7 Å². The topological polar surface area (TPSA) is 216 Å². The maximum Gasteiger partial charge on any atom is 1.00 e. The van der Waals surface area contributed by atoms with Crippen LogP contribution in [0.2, 0.25) is 15.7 Å². The number of anilines is 5. The molecule has 4 aromatic rings. The van der Waals surface area contributed by atoms with Crippen molar-refractivity contribution in [2.45, 2.75) is 0 Å². The average Bonchev–Trinajstić information content (AvgIpc) is 3.09. The Morgan fingerprint density at radius 2 is 1.35 bits per heavy atom. The number of hydrogen-bond acceptors (Lipinski definition) is 13. The molecular weight excluding hydrogens is 788 g/mol. The van der Waals surface area contributed by atoms with Crippen LogP contribution in [0.5, 0.6) is 11.5 Å². The van der Waals surface area contributed by atoms with Crippen molar-refractivity contribution < 1.29 is 144 Å². The van der Waals surface area contributed by atoms with E-state index >= 15 is 0 Å². The molecular formula is C30H32Cl3FK2N8O7. The maximum atomic E-state index is 11.3. The molecule has 2 heterocycles. The van der Waals surface area contributed by atoms with Crippen LogP contribution >= 0.6 is 34.8 Å². The van der Waals surface area contributed by atoms with Crippen molar-refractivity contribution in [3.8, 4) is 11.5 Å². The summed E-state index contributed by atoms with van der Waals surface area (Å²) in [7, 11) is 2.00. The number of carbonyl (C=O) groups excluding carboxylic acids is 3. The number of nitrogen functional groups attached to an aromatic ring is 1. The molecule has 0 spiro atoms. The Kier molecular flexibility index (Phi) is 32.3. The summed E-state index contributed by atoms with van der Waals surface area (Å²) in [5.41, 5.74) is 8.14. The van der Waals surface area contributed by atoms with Gasteiger partial charge in [0.15, 0.2) is 22.5 Å². The van der Waals surface area contributed by atoms with Crippen LogP contribution in [0.15, 0.2) is 86.2 Å². The first-order valence-corrected chi connectivity index (χ1v) is 14.0. The molecule has 15 nitrogen and oxygen atoms in total. The van der Waals surface area contributed by atoms with Gasteiger partial charge in [0.25, 0.3) is 6.47 Å². The van der Waals surface area contributed by atoms with Crippen molar-refractivity contribution in [1.29, 1.82) is 0 Å². The van der Waals surface area contributed by atoms with E-state index in [2.05, 4.69) is 53.9 Å². The fourth-order valence-corrected chi connectivity index (χ4v) is 3.39. The monoisotopic (exact) mass is 819 g/mol. The molecule has 5 N–H and O–H groups in total. The summed E-state index contributed by atoms with van der Waals surface area (Å²) in [5, 5.41) is 17.2. The number of alkyl halides is 1. The molecule has 0 fully saturated rings. The van der Waals surface area contributed by atoms with Gasteiger partial charge in [0.2, 0.25) is 22.4 Å². The zero-order valence-corrected chi connectivity index (χ0v) is 36.4. The Morgan fingerprint density at radius 1 is 0.902 bits per heavy atom. The SMILES string of the molecule is C=CC(=O)Nc1cccc(N)c1.C=CC(=O)Nc1cccc(Nc2nc(Cl)ncc2OC)c1.COc1cnc(Cl)nc1Cl.O=CO[O-].[2H]CF.[H-].[K+].[K+]. The number of nitrogens with two attached hydrogens (primary N) is 1. The summed E-state index contributed by atoms with van der Waals surface area (Å²) in [5.74, 6) is 0.797. The Bertz CT molecular complexity index is 1700. The van der Waals surface area contributed by atoms with Gasteiger partial charge in [-0.2, -0.15) is 4.98 Å². The summed E-state index contributed by atoms with van der Waals surface area (Å²) in [6.07, 6.45) is 5.30. The summed E-state index contributed by atoms with van der Waals surface area (Å²) >= 11 is 16.8. The molecule has 0 atom stereocenters. The predicted molar refractivity (Wildman–Crippen MR) is 186 cm³/mol. The van der Waals surface area contributed by atoms with E-state index in [1.165, 1.54) is 38.8 Å². The van der Waals surface area contributed by atoms with Gasteiger partial charge in [-0.05, 0) is 71.8 Å². The Labute approximate surface area is 396 Å². The minimum atomic E-state index is -1.00. The molecule has 2 aromatic heterocycles. The van der Waals surface area contributed by atoms with Crippen LogP contribution in [0.3, 0.4) is 0 Å². The van der Waals surface area contributed by atoms with Crippen molar-refractivity contribution >= 4 is 81.7 Å². The molecule has 0 aliphatic heterocycles. The number of amides is 2. The van der Waals surface area contributed by atoms with Crippen LogP contribution in [-0.2, 0) is 19.3 Å². The second-order valence-electron chi connectivity index (χ2n) is 7.96. The number of methoxy groups -OCH3 is 2. The van der Waals surface area contributed by atoms with E-state index in [1.54, 1.807) is 42.5 Å². The van der Waals surface area contributed by atoms with Crippen LogP contribution in [0.1, 0.15) is 2.80 Å². The first kappa shape index (κ1) is 50.8. The molecule has 21 heteroatoms. The third kappa shape index (κ3) is 23.8. The number of nitrogens with one attached hydrogen (secondary N) is 3. The molecule has 2 aromatic carbocycles. The number of benzene rings is 2. The number of nitrogens with zero attached hydrogens (tertiary/aromatic N) is 4. The summed E-state index contributed by atoms with van der Waals surface area (Å²) in [6, 6.07) is 14.1. The van der Waals surface area contributed by atoms with Gasteiger partial charge >= 0.3 is 103 Å². The van der Waals surface area contributed by atoms with Crippen LogP contribution in [0.4, 0.5) is 33.0 Å². The molecule has 0 saturated heterocycles. The largest absolute Gasteiger partial charge is 1.00 e. The summed E-state index contributed by atoms with van der Waals surface area (Å²) < 4.78 is 25.4. The molecule has 0 unspecified atom stereocenters. The molecule has 4 rings (SSSR count). The van der Waals surface area contributed by atoms with E-state index in [0.717, 1.165) is 0 Å². The van der Waals surface area contributed by atoms with Gasteiger partial charge in [0.1, 0.15) is 0 Å². The number of hydrogen-bond donors (Lipinski definition) is 4. The van der Waals surface area contributed by atoms with E-state index < -0.39 is 7.15 Å². The first-order valence-electron chi connectivity index (χ1n) is 13.6. The third-order valence-electron chi connectivity index (χ3n) is 4.80. The van der Waals surface area contributed by atoms with Crippen molar-refractivity contribution in [1.82, 2.24) is 19.9 Å². The van der Waals surface area contributed by atoms with Gasteiger partial charge in [0.05, 0.1) is 35.1 Å². The number of halogens is 4. The normalized spacial score (nSPS) is 8.80. The molecule has 2 amide bonds. The Balaban J connectivity index is -0.000000322. The van der Waals surface area contributed by atoms with Crippen molar-refractivity contribution in [2.75, 3.05) is 43.1 Å². The van der Waals surface area contributed by atoms with E-state index in [4.69, 9.17) is 61.4 Å². The number of carbonyl (C=O) groups is 3. The Morgan fingerprint density at radius 3 is 1.80 bits per heavy atom. The average molecular weight is 821 g/mol. The fraction of sp³-hybridized carbons (Fsp3) is 0.100. The molecule has 0 radical (unpaired) electrons. The fourth-order valence-electron chi connectivity index (χ4n) is 2.87. The van der Waals surface area contributed by atoms with Crippen molar-refractivity contribution in [3.05, 3.63) is 102 Å². The first-order chi connectivity index (χ1) is 23.9. The second-order valence-corrected chi connectivity index (χ2v) is 9.00. The van der Waals surface area contributed by atoms with Gasteiger partial charge in [-0.25, -0.2) is 15.0 Å². The van der Waals surface area contributed by atoms with E-state index in [1.807, 2.05) is 6.07 Å². The number of ether oxygens (including phenoxy) is 2. The maximum absolute atomic E-state index is 11.3. The number of rotatable bonds is 9. The van der Waals surface area contributed by atoms with E-state index in [9.17, 15) is 14.0 Å². The Hall–Kier alpha value is -2.28. The van der Waals surface area contributed by atoms with Crippen LogP contribution in [0.25, 0.3) is 0 Å². The van der Waals surface area contributed by atoms with Crippen LogP contribution in [-0.4, -0.2) is 59.6 Å². The summed E-state index contributed by atoms with van der Waals surface area (Å²) in [6.45, 7) is 6.56. The molecule has 51 heavy (non-hydrogen) atoms. The molecule has 0 aliphatic carbocycles. The smallest absolute Gasteiger partial charge is 1.00 e. The second kappa shape index (κ2) is 32.4. The molecule has 0 aliphatic rings. The van der Waals surface area contributed by atoms with Gasteiger partial charge in [-0.1, -0.05) is 36.9 Å². The summed E-state index contributed by atoms with van der Waals surface area (Å²) in [4.78, 5) is 48.6. The molecule has 0 saturated carbocycles. The third-order valence-corrected chi connectivity index (χ3v) is 5.44. The van der Waals surface area contributed by atoms with Crippen LogP contribution in [0, 0.1) is 0 Å². The van der Waals surface area contributed by atoms with Crippen LogP contribution < -0.4 is 139 Å². The van der Waals surface area contributed by atoms with E-state index in [-0.39, 0.29) is 138 Å². The van der Waals surface area contributed by atoms with Gasteiger partial charge in [0, 0.05) is 22.7 Å². The van der Waals surface area contributed by atoms with E-state index in [0.29, 0.717) is 40.1 Å². The minimum Gasteiger partial charge on any atom is -1.00 e. The predicted octanol–water partition coefficient (Wildman–Crippen LogP) is -0.667. The van der Waals surface area contributed by atoms with Crippen molar-refractivity contribution in [3.63, 3.8) is 0 Å². The standard InChI is InChI=1S/C14H13ClN4O2.C9H10N2O.C5H4Cl2N2O.CH3F.CH2O3.2K.H/c1-3-12(20)17-9-5-4-6-10(7-9)18-13-11(21-2)8-16-14(15)19-13;1-2-9(12)11-8-5-3-4-7(10)6-8;1-10-3-2-8-5(7)9-4(3)6;1-2;2-1-4-3;;;/h3-8H,1H2,2H3,(H,17,20)(H,16,18,19);2-6H,1,10H2,(H,11,12);2H,1H3;1H3;1,3H;;;/q;;;;;2*+1;-1/p-1/i;;;1D;;;;. The number of aromatic nitrogens is 4. The van der Waals surface area contributed by atoms with Gasteiger partial charge in [-0.15, -0.1) is 0 Å². The van der Waals surface area contributed by atoms with Gasteiger partial charge in [-0.3, -0.25) is 18.8 Å². The quantitative estimate of drug-likeness (QED) is 0.0241. The molecule has 264 valence electrons. The van der Waals surface area contributed by atoms with Crippen molar-refractivity contribution in [2.24, 2.45) is 0 Å². The molecule has 0 bridgehead atoms.